The summed E-state index contributed by atoms with van der Waals surface area (Å²) in [6.45, 7) is 0. The molecule has 0 N–H and O–H groups in total. The first-order valence-electron chi connectivity index (χ1n) is 5.97. The molecule has 0 unspecified atom stereocenters. The Morgan fingerprint density at radius 2 is 0.529 bits per heavy atom. The van der Waals surface area contributed by atoms with Gasteiger partial charge in [0.25, 0.3) is 0 Å². The smallest absolute Gasteiger partial charge is 0 e. The van der Waals surface area contributed by atoms with Gasteiger partial charge in [-0.2, -0.15) is 0 Å². The maximum atomic E-state index is 2.27. The first-order chi connectivity index (χ1) is 8.00. The normalized spacial score (nSPS) is 28.2. The summed E-state index contributed by atoms with van der Waals surface area (Å²) in [5, 5.41) is 0. The van der Waals surface area contributed by atoms with Gasteiger partial charge in [-0.15, -0.1) is 0 Å². The van der Waals surface area contributed by atoms with Crippen molar-refractivity contribution in [1.82, 2.24) is 0 Å². The molecule has 0 bridgehead atoms. The molecule has 0 saturated carbocycles. The second-order valence-electron chi connectivity index (χ2n) is 3.64. The van der Waals surface area contributed by atoms with Gasteiger partial charge in [0, 0.05) is 19.5 Å². The van der Waals surface area contributed by atoms with Crippen LogP contribution in [-0.4, -0.2) is 0 Å². The van der Waals surface area contributed by atoms with Crippen LogP contribution in [0, 0.1) is 0 Å². The summed E-state index contributed by atoms with van der Waals surface area (Å²) in [5.74, 6) is 0. The van der Waals surface area contributed by atoms with Gasteiger partial charge in [0.2, 0.25) is 0 Å². The van der Waals surface area contributed by atoms with Crippen LogP contribution >= 0.6 is 0 Å². The standard InChI is InChI=1S/C8H12.C8H8.Ru/c2*1-2-4-6-8-7-5-3-1;/h1-2,7-8H,3-6H2;1-8H;/b2-1-,8-7-;2-1-,3-1?,4-2?,5-3-,6-4-,7-5?,8-6?,8-7-;. The van der Waals surface area contributed by atoms with E-state index < -0.39 is 0 Å². The van der Waals surface area contributed by atoms with Crippen molar-refractivity contribution in [2.75, 3.05) is 0 Å². The Balaban J connectivity index is 0.000000284. The minimum atomic E-state index is 0. The molecular formula is C16H20Ru. The second-order valence-corrected chi connectivity index (χ2v) is 3.64. The Kier molecular flexibility index (Phi) is 12.4. The van der Waals surface area contributed by atoms with Crippen LogP contribution in [0.1, 0.15) is 25.7 Å². The third-order valence-corrected chi connectivity index (χ3v) is 2.22. The molecule has 2 rings (SSSR count). The fraction of sp³-hybridized carbons (Fsp3) is 0.250. The van der Waals surface area contributed by atoms with Gasteiger partial charge < -0.3 is 0 Å². The van der Waals surface area contributed by atoms with Crippen molar-refractivity contribution in [3.63, 3.8) is 0 Å². The SMILES string of the molecule is C1=C\C=C/C=C\C=C/1.C1=C\CC/C=C\CC/1.[Ru]. The third-order valence-electron chi connectivity index (χ3n) is 2.22. The van der Waals surface area contributed by atoms with E-state index in [-0.39, 0.29) is 19.5 Å². The molecule has 0 nitrogen and oxygen atoms in total. The molecule has 0 amide bonds. The van der Waals surface area contributed by atoms with Gasteiger partial charge in [-0.05, 0) is 25.7 Å². The van der Waals surface area contributed by atoms with Gasteiger partial charge in [0.05, 0.1) is 0 Å². The van der Waals surface area contributed by atoms with Crippen LogP contribution in [0.3, 0.4) is 0 Å². The van der Waals surface area contributed by atoms with E-state index in [1.165, 1.54) is 25.7 Å². The predicted molar refractivity (Wildman–Crippen MR) is 73.3 cm³/mol. The molecule has 2 aliphatic carbocycles. The molecule has 0 aliphatic heterocycles. The van der Waals surface area contributed by atoms with E-state index in [0.717, 1.165) is 0 Å². The Bertz CT molecular complexity index is 245. The van der Waals surface area contributed by atoms with E-state index in [9.17, 15) is 0 Å². The third kappa shape index (κ3) is 11.3. The molecular weight excluding hydrogens is 293 g/mol. The van der Waals surface area contributed by atoms with E-state index in [1.807, 2.05) is 48.6 Å². The van der Waals surface area contributed by atoms with Crippen molar-refractivity contribution >= 4 is 0 Å². The Morgan fingerprint density at radius 1 is 0.353 bits per heavy atom. The van der Waals surface area contributed by atoms with Crippen LogP contribution < -0.4 is 0 Å². The summed E-state index contributed by atoms with van der Waals surface area (Å²) >= 11 is 0. The zero-order chi connectivity index (χ0) is 11.3. The topological polar surface area (TPSA) is 0 Å². The minimum absolute atomic E-state index is 0. The van der Waals surface area contributed by atoms with Crippen LogP contribution in [0.5, 0.6) is 0 Å². The van der Waals surface area contributed by atoms with Crippen LogP contribution in [0.4, 0.5) is 0 Å². The van der Waals surface area contributed by atoms with E-state index in [4.69, 9.17) is 0 Å². The molecule has 1 heteroatoms. The van der Waals surface area contributed by atoms with E-state index >= 15 is 0 Å². The number of allylic oxidation sites excluding steroid dienone is 12. The quantitative estimate of drug-likeness (QED) is 0.441. The molecule has 0 fully saturated rings. The van der Waals surface area contributed by atoms with Gasteiger partial charge >= 0.3 is 0 Å². The first-order valence-corrected chi connectivity index (χ1v) is 5.97. The largest absolute Gasteiger partial charge is 0.0882 e. The molecule has 0 aromatic carbocycles. The Hall–Kier alpha value is -0.937. The fourth-order valence-electron chi connectivity index (χ4n) is 1.37. The number of rotatable bonds is 0. The number of hydrogen-bond acceptors (Lipinski definition) is 0. The summed E-state index contributed by atoms with van der Waals surface area (Å²) in [4.78, 5) is 0. The Morgan fingerprint density at radius 3 is 0.706 bits per heavy atom. The average molecular weight is 313 g/mol. The molecule has 0 saturated heterocycles. The number of hydrogen-bond donors (Lipinski definition) is 0. The zero-order valence-corrected chi connectivity index (χ0v) is 11.8. The van der Waals surface area contributed by atoms with Crippen molar-refractivity contribution in [2.24, 2.45) is 0 Å². The van der Waals surface area contributed by atoms with Gasteiger partial charge in [-0.3, -0.25) is 0 Å². The summed E-state index contributed by atoms with van der Waals surface area (Å²) in [5.41, 5.74) is 0. The maximum absolute atomic E-state index is 2.27. The average Bonchev–Trinajstić information content (AvgIpc) is 2.15. The van der Waals surface area contributed by atoms with Crippen molar-refractivity contribution in [2.45, 2.75) is 25.7 Å². The van der Waals surface area contributed by atoms with Crippen molar-refractivity contribution < 1.29 is 19.5 Å². The molecule has 0 aromatic heterocycles. The van der Waals surface area contributed by atoms with E-state index in [2.05, 4.69) is 24.3 Å². The Labute approximate surface area is 118 Å². The summed E-state index contributed by atoms with van der Waals surface area (Å²) in [6.07, 6.45) is 30.0. The van der Waals surface area contributed by atoms with Crippen LogP contribution in [0.2, 0.25) is 0 Å². The van der Waals surface area contributed by atoms with Crippen molar-refractivity contribution in [1.29, 1.82) is 0 Å². The second kappa shape index (κ2) is 13.1. The molecule has 0 aromatic rings. The summed E-state index contributed by atoms with van der Waals surface area (Å²) in [7, 11) is 0. The van der Waals surface area contributed by atoms with Crippen molar-refractivity contribution in [3.05, 3.63) is 72.9 Å². The minimum Gasteiger partial charge on any atom is -0.0882 e. The molecule has 2 aliphatic rings. The molecule has 0 spiro atoms. The molecule has 0 atom stereocenters. The van der Waals surface area contributed by atoms with Gasteiger partial charge in [-0.25, -0.2) is 0 Å². The maximum Gasteiger partial charge on any atom is 0 e. The van der Waals surface area contributed by atoms with E-state index in [0.29, 0.717) is 0 Å². The van der Waals surface area contributed by atoms with Crippen LogP contribution in [0.25, 0.3) is 0 Å². The monoisotopic (exact) mass is 314 g/mol. The summed E-state index contributed by atoms with van der Waals surface area (Å²) < 4.78 is 0. The van der Waals surface area contributed by atoms with Gasteiger partial charge in [-0.1, -0.05) is 72.9 Å². The van der Waals surface area contributed by atoms with Crippen molar-refractivity contribution in [3.8, 4) is 0 Å². The van der Waals surface area contributed by atoms with Gasteiger partial charge in [0.1, 0.15) is 0 Å². The first kappa shape index (κ1) is 16.1. The summed E-state index contributed by atoms with van der Waals surface area (Å²) in [6, 6.07) is 0. The van der Waals surface area contributed by atoms with Crippen LogP contribution in [-0.2, 0) is 19.5 Å². The van der Waals surface area contributed by atoms with E-state index in [1.54, 1.807) is 0 Å². The zero-order valence-electron chi connectivity index (χ0n) is 10.1. The molecule has 17 heavy (non-hydrogen) atoms. The van der Waals surface area contributed by atoms with Crippen LogP contribution in [0.15, 0.2) is 72.9 Å². The molecule has 0 radical (unpaired) electrons. The molecule has 0 heterocycles. The fourth-order valence-corrected chi connectivity index (χ4v) is 1.37. The predicted octanol–water partition coefficient (Wildman–Crippen LogP) is 4.90. The molecule has 92 valence electrons. The van der Waals surface area contributed by atoms with Gasteiger partial charge in [0.15, 0.2) is 0 Å².